The minimum absolute atomic E-state index is 0.431. The molecule has 2 aromatic rings. The van der Waals surface area contributed by atoms with Crippen molar-refractivity contribution >= 4 is 5.82 Å². The second-order valence-corrected chi connectivity index (χ2v) is 6.64. The number of ether oxygens (including phenoxy) is 1. The lowest BCUT2D eigenvalue weighted by Crippen LogP contribution is -2.31. The average molecular weight is 330 g/mol. The molecule has 0 aromatic carbocycles. The van der Waals surface area contributed by atoms with Gasteiger partial charge in [-0.2, -0.15) is 0 Å². The van der Waals surface area contributed by atoms with E-state index in [0.717, 1.165) is 50.8 Å². The van der Waals surface area contributed by atoms with Crippen molar-refractivity contribution in [3.8, 4) is 0 Å². The van der Waals surface area contributed by atoms with Crippen LogP contribution in [0, 0.1) is 5.92 Å². The summed E-state index contributed by atoms with van der Waals surface area (Å²) in [5.74, 6) is 1.31. The molecule has 0 spiro atoms. The SMILES string of the molecule is CN(C)c1cnc(C[C@H]2COCCN(Cc3cncn3C)C2)cn1. The molecule has 1 aliphatic rings. The third-order valence-electron chi connectivity index (χ3n) is 4.37. The van der Waals surface area contributed by atoms with Gasteiger partial charge in [0.25, 0.3) is 0 Å². The van der Waals surface area contributed by atoms with E-state index in [0.29, 0.717) is 5.92 Å². The maximum Gasteiger partial charge on any atom is 0.146 e. The first-order valence-corrected chi connectivity index (χ1v) is 8.35. The lowest BCUT2D eigenvalue weighted by atomic mass is 10.0. The fourth-order valence-corrected chi connectivity index (χ4v) is 2.97. The number of aryl methyl sites for hydroxylation is 1. The Morgan fingerprint density at radius 3 is 2.79 bits per heavy atom. The molecule has 130 valence electrons. The predicted molar refractivity (Wildman–Crippen MR) is 92.9 cm³/mol. The van der Waals surface area contributed by atoms with Gasteiger partial charge in [0.05, 0.1) is 43.3 Å². The maximum absolute atomic E-state index is 5.80. The van der Waals surface area contributed by atoms with Crippen LogP contribution in [0.2, 0.25) is 0 Å². The molecule has 0 bridgehead atoms. The van der Waals surface area contributed by atoms with E-state index in [1.807, 2.05) is 51.0 Å². The standard InChI is InChI=1S/C17H26N6O/c1-21(2)17-9-19-15(7-20-17)6-14-10-23(4-5-24-12-14)11-16-8-18-13-22(16)3/h7-9,13-14H,4-6,10-12H2,1-3H3/t14-/m1/s1. The molecule has 1 aliphatic heterocycles. The van der Waals surface area contributed by atoms with Crippen LogP contribution in [0.3, 0.4) is 0 Å². The van der Waals surface area contributed by atoms with Crippen LogP contribution in [0.5, 0.6) is 0 Å². The van der Waals surface area contributed by atoms with E-state index >= 15 is 0 Å². The van der Waals surface area contributed by atoms with Crippen LogP contribution in [0.1, 0.15) is 11.4 Å². The highest BCUT2D eigenvalue weighted by atomic mass is 16.5. The van der Waals surface area contributed by atoms with Crippen molar-refractivity contribution in [1.29, 1.82) is 0 Å². The van der Waals surface area contributed by atoms with E-state index in [9.17, 15) is 0 Å². The first-order valence-electron chi connectivity index (χ1n) is 8.35. The molecule has 2 aromatic heterocycles. The highest BCUT2D eigenvalue weighted by Gasteiger charge is 2.20. The third-order valence-corrected chi connectivity index (χ3v) is 4.37. The normalized spacial score (nSPS) is 19.2. The fraction of sp³-hybridized carbons (Fsp3) is 0.588. The zero-order valence-electron chi connectivity index (χ0n) is 14.7. The Hall–Kier alpha value is -1.99. The van der Waals surface area contributed by atoms with E-state index in [1.54, 1.807) is 0 Å². The monoisotopic (exact) mass is 330 g/mol. The van der Waals surface area contributed by atoms with Gasteiger partial charge in [0.1, 0.15) is 5.82 Å². The smallest absolute Gasteiger partial charge is 0.146 e. The molecule has 1 fully saturated rings. The molecule has 0 aliphatic carbocycles. The molecule has 7 nitrogen and oxygen atoms in total. The van der Waals surface area contributed by atoms with Crippen LogP contribution in [0.15, 0.2) is 24.9 Å². The van der Waals surface area contributed by atoms with Crippen LogP contribution in [0.25, 0.3) is 0 Å². The van der Waals surface area contributed by atoms with Crippen molar-refractivity contribution in [2.45, 2.75) is 13.0 Å². The van der Waals surface area contributed by atoms with Crippen molar-refractivity contribution < 1.29 is 4.74 Å². The second-order valence-electron chi connectivity index (χ2n) is 6.64. The van der Waals surface area contributed by atoms with Crippen LogP contribution in [0.4, 0.5) is 5.82 Å². The van der Waals surface area contributed by atoms with Crippen molar-refractivity contribution in [1.82, 2.24) is 24.4 Å². The molecule has 3 rings (SSSR count). The van der Waals surface area contributed by atoms with Crippen LogP contribution >= 0.6 is 0 Å². The van der Waals surface area contributed by atoms with Gasteiger partial charge in [-0.3, -0.25) is 9.88 Å². The Balaban J connectivity index is 1.61. The van der Waals surface area contributed by atoms with Crippen molar-refractivity contribution in [3.05, 3.63) is 36.3 Å². The number of nitrogens with zero attached hydrogens (tertiary/aromatic N) is 6. The van der Waals surface area contributed by atoms with Crippen molar-refractivity contribution in [2.24, 2.45) is 13.0 Å². The predicted octanol–water partition coefficient (Wildman–Crippen LogP) is 0.967. The molecule has 7 heteroatoms. The molecular formula is C17H26N6O. The van der Waals surface area contributed by atoms with Gasteiger partial charge in [0.15, 0.2) is 0 Å². The molecule has 0 unspecified atom stereocenters. The Morgan fingerprint density at radius 1 is 1.25 bits per heavy atom. The lowest BCUT2D eigenvalue weighted by molar-refractivity contribution is 0.121. The van der Waals surface area contributed by atoms with Gasteiger partial charge in [-0.25, -0.2) is 9.97 Å². The van der Waals surface area contributed by atoms with E-state index in [1.165, 1.54) is 5.69 Å². The summed E-state index contributed by atoms with van der Waals surface area (Å²) in [4.78, 5) is 17.6. The number of hydrogen-bond donors (Lipinski definition) is 0. The highest BCUT2D eigenvalue weighted by molar-refractivity contribution is 5.32. The van der Waals surface area contributed by atoms with Crippen LogP contribution in [-0.2, 0) is 24.8 Å². The summed E-state index contributed by atoms with van der Waals surface area (Å²) in [5, 5.41) is 0. The first-order chi connectivity index (χ1) is 11.6. The van der Waals surface area contributed by atoms with E-state index in [4.69, 9.17) is 4.74 Å². The summed E-state index contributed by atoms with van der Waals surface area (Å²) in [6.07, 6.45) is 8.39. The largest absolute Gasteiger partial charge is 0.380 e. The van der Waals surface area contributed by atoms with Gasteiger partial charge in [0, 0.05) is 52.9 Å². The minimum Gasteiger partial charge on any atom is -0.380 e. The molecule has 0 amide bonds. The quantitative estimate of drug-likeness (QED) is 0.814. The van der Waals surface area contributed by atoms with Gasteiger partial charge in [0.2, 0.25) is 0 Å². The van der Waals surface area contributed by atoms with Gasteiger partial charge in [-0.15, -0.1) is 0 Å². The number of anilines is 1. The van der Waals surface area contributed by atoms with E-state index < -0.39 is 0 Å². The second kappa shape index (κ2) is 7.72. The summed E-state index contributed by atoms with van der Waals surface area (Å²) < 4.78 is 7.88. The summed E-state index contributed by atoms with van der Waals surface area (Å²) in [6, 6.07) is 0. The Labute approximate surface area is 143 Å². The van der Waals surface area contributed by atoms with Crippen molar-refractivity contribution in [2.75, 3.05) is 45.3 Å². The zero-order valence-corrected chi connectivity index (χ0v) is 14.7. The Kier molecular flexibility index (Phi) is 5.42. The summed E-state index contributed by atoms with van der Waals surface area (Å²) in [6.45, 7) is 4.41. The topological polar surface area (TPSA) is 59.3 Å². The fourth-order valence-electron chi connectivity index (χ4n) is 2.97. The summed E-state index contributed by atoms with van der Waals surface area (Å²) >= 11 is 0. The minimum atomic E-state index is 0.431. The zero-order chi connectivity index (χ0) is 16.9. The third kappa shape index (κ3) is 4.30. The molecule has 3 heterocycles. The molecular weight excluding hydrogens is 304 g/mol. The van der Waals surface area contributed by atoms with Gasteiger partial charge in [-0.1, -0.05) is 0 Å². The summed E-state index contributed by atoms with van der Waals surface area (Å²) in [7, 11) is 5.98. The summed E-state index contributed by atoms with van der Waals surface area (Å²) in [5.41, 5.74) is 2.25. The Bertz CT molecular complexity index is 639. The molecule has 1 saturated heterocycles. The van der Waals surface area contributed by atoms with E-state index in [-0.39, 0.29) is 0 Å². The van der Waals surface area contributed by atoms with Gasteiger partial charge >= 0.3 is 0 Å². The number of imidazole rings is 1. The van der Waals surface area contributed by atoms with Crippen LogP contribution in [-0.4, -0.2) is 64.8 Å². The average Bonchev–Trinajstić information content (AvgIpc) is 2.83. The van der Waals surface area contributed by atoms with Gasteiger partial charge in [-0.05, 0) is 6.42 Å². The van der Waals surface area contributed by atoms with Crippen molar-refractivity contribution in [3.63, 3.8) is 0 Å². The molecule has 24 heavy (non-hydrogen) atoms. The molecule has 0 N–H and O–H groups in total. The maximum atomic E-state index is 5.80. The van der Waals surface area contributed by atoms with Crippen LogP contribution < -0.4 is 4.90 Å². The highest BCUT2D eigenvalue weighted by Crippen LogP contribution is 2.15. The Morgan fingerprint density at radius 2 is 2.12 bits per heavy atom. The molecule has 1 atom stereocenters. The molecule has 0 saturated carbocycles. The number of aromatic nitrogens is 4. The number of hydrogen-bond acceptors (Lipinski definition) is 6. The first kappa shape index (κ1) is 16.9. The number of rotatable bonds is 5. The van der Waals surface area contributed by atoms with Gasteiger partial charge < -0.3 is 14.2 Å². The lowest BCUT2D eigenvalue weighted by Gasteiger charge is -2.23. The molecule has 0 radical (unpaired) electrons. The van der Waals surface area contributed by atoms with E-state index in [2.05, 4.69) is 24.4 Å².